The average molecular weight is 305 g/mol. The van der Waals surface area contributed by atoms with Gasteiger partial charge in [0.25, 0.3) is 0 Å². The molecule has 0 saturated heterocycles. The van der Waals surface area contributed by atoms with Crippen molar-refractivity contribution in [1.29, 1.82) is 0 Å². The highest BCUT2D eigenvalue weighted by molar-refractivity contribution is 7.09. The van der Waals surface area contributed by atoms with Crippen LogP contribution in [0.15, 0.2) is 46.8 Å². The Bertz CT molecular complexity index is 549. The van der Waals surface area contributed by atoms with Crippen molar-refractivity contribution in [2.45, 2.75) is 19.9 Å². The minimum atomic E-state index is -0.219. The first kappa shape index (κ1) is 15.5. The smallest absolute Gasteiger partial charge is 0.191 e. The summed E-state index contributed by atoms with van der Waals surface area (Å²) in [5.74, 6) is 0.571. The van der Waals surface area contributed by atoms with E-state index in [4.69, 9.17) is 0 Å². The number of guanidine groups is 1. The largest absolute Gasteiger partial charge is 0.357 e. The van der Waals surface area contributed by atoms with Crippen LogP contribution in [0, 0.1) is 5.82 Å². The third-order valence-electron chi connectivity index (χ3n) is 2.92. The van der Waals surface area contributed by atoms with E-state index in [1.807, 2.05) is 6.92 Å². The second kappa shape index (κ2) is 8.42. The Hall–Kier alpha value is -1.88. The van der Waals surface area contributed by atoms with E-state index in [1.54, 1.807) is 23.5 Å². The van der Waals surface area contributed by atoms with Crippen LogP contribution in [0.5, 0.6) is 0 Å². The molecule has 21 heavy (non-hydrogen) atoms. The van der Waals surface area contributed by atoms with Gasteiger partial charge in [0.05, 0.1) is 6.54 Å². The van der Waals surface area contributed by atoms with Crippen molar-refractivity contribution in [1.82, 2.24) is 10.6 Å². The van der Waals surface area contributed by atoms with Crippen molar-refractivity contribution in [3.05, 3.63) is 58.0 Å². The molecular weight excluding hydrogens is 285 g/mol. The SMILES string of the molecule is CCNC(=NCc1ccc(F)cc1)NCCc1cccs1. The minimum absolute atomic E-state index is 0.219. The molecule has 0 aliphatic rings. The molecular formula is C16H20FN3S. The molecule has 0 fully saturated rings. The minimum Gasteiger partial charge on any atom is -0.357 e. The van der Waals surface area contributed by atoms with Gasteiger partial charge in [0, 0.05) is 18.0 Å². The van der Waals surface area contributed by atoms with Crippen molar-refractivity contribution >= 4 is 17.3 Å². The summed E-state index contributed by atoms with van der Waals surface area (Å²) in [5, 5.41) is 8.61. The second-order valence-electron chi connectivity index (χ2n) is 4.58. The Morgan fingerprint density at radius 1 is 1.19 bits per heavy atom. The maximum absolute atomic E-state index is 12.8. The number of nitrogens with one attached hydrogen (secondary N) is 2. The Balaban J connectivity index is 1.84. The topological polar surface area (TPSA) is 36.4 Å². The second-order valence-corrected chi connectivity index (χ2v) is 5.61. The Morgan fingerprint density at radius 3 is 2.67 bits per heavy atom. The fourth-order valence-corrected chi connectivity index (χ4v) is 2.57. The molecule has 1 heterocycles. The van der Waals surface area contributed by atoms with Gasteiger partial charge < -0.3 is 10.6 Å². The third-order valence-corrected chi connectivity index (χ3v) is 3.86. The van der Waals surface area contributed by atoms with Crippen molar-refractivity contribution in [2.75, 3.05) is 13.1 Å². The highest BCUT2D eigenvalue weighted by Crippen LogP contribution is 2.08. The van der Waals surface area contributed by atoms with Crippen LogP contribution in [0.2, 0.25) is 0 Å². The summed E-state index contributed by atoms with van der Waals surface area (Å²) < 4.78 is 12.8. The molecule has 0 bridgehead atoms. The lowest BCUT2D eigenvalue weighted by Gasteiger charge is -2.10. The van der Waals surface area contributed by atoms with Crippen LogP contribution < -0.4 is 10.6 Å². The summed E-state index contributed by atoms with van der Waals surface area (Å²) in [4.78, 5) is 5.87. The van der Waals surface area contributed by atoms with Crippen molar-refractivity contribution < 1.29 is 4.39 Å². The molecule has 1 aromatic heterocycles. The van der Waals surface area contributed by atoms with Gasteiger partial charge in [-0.2, -0.15) is 0 Å². The summed E-state index contributed by atoms with van der Waals surface area (Å²) >= 11 is 1.76. The van der Waals surface area contributed by atoms with Crippen LogP contribution in [-0.4, -0.2) is 19.0 Å². The molecule has 0 atom stereocenters. The standard InChI is InChI=1S/C16H20FN3S/c1-2-18-16(19-10-9-15-4-3-11-21-15)20-12-13-5-7-14(17)8-6-13/h3-8,11H,2,9-10,12H2,1H3,(H2,18,19,20). The zero-order valence-electron chi connectivity index (χ0n) is 12.1. The summed E-state index contributed by atoms with van der Waals surface area (Å²) in [7, 11) is 0. The first-order valence-corrected chi connectivity index (χ1v) is 7.95. The molecule has 112 valence electrons. The maximum Gasteiger partial charge on any atom is 0.191 e. The first-order valence-electron chi connectivity index (χ1n) is 7.07. The fraction of sp³-hybridized carbons (Fsp3) is 0.312. The number of thiophene rings is 1. The van der Waals surface area contributed by atoms with E-state index in [1.165, 1.54) is 17.0 Å². The predicted molar refractivity (Wildman–Crippen MR) is 87.2 cm³/mol. The quantitative estimate of drug-likeness (QED) is 0.635. The van der Waals surface area contributed by atoms with Gasteiger partial charge >= 0.3 is 0 Å². The van der Waals surface area contributed by atoms with Gasteiger partial charge in [-0.25, -0.2) is 9.38 Å². The molecule has 0 aliphatic heterocycles. The molecule has 0 spiro atoms. The van der Waals surface area contributed by atoms with E-state index >= 15 is 0 Å². The molecule has 0 radical (unpaired) electrons. The number of aliphatic imine (C=N–C) groups is 1. The van der Waals surface area contributed by atoms with Gasteiger partial charge in [0.1, 0.15) is 5.82 Å². The van der Waals surface area contributed by atoms with E-state index in [2.05, 4.69) is 33.1 Å². The van der Waals surface area contributed by atoms with Crippen molar-refractivity contribution in [2.24, 2.45) is 4.99 Å². The fourth-order valence-electron chi connectivity index (χ4n) is 1.86. The Labute approximate surface area is 128 Å². The van der Waals surface area contributed by atoms with E-state index in [9.17, 15) is 4.39 Å². The first-order chi connectivity index (χ1) is 10.3. The average Bonchev–Trinajstić information content (AvgIpc) is 3.00. The molecule has 2 aromatic rings. The lowest BCUT2D eigenvalue weighted by molar-refractivity contribution is 0.627. The third kappa shape index (κ3) is 5.55. The predicted octanol–water partition coefficient (Wildman–Crippen LogP) is 3.19. The van der Waals surface area contributed by atoms with Gasteiger partial charge in [-0.3, -0.25) is 0 Å². The van der Waals surface area contributed by atoms with Crippen LogP contribution in [-0.2, 0) is 13.0 Å². The Morgan fingerprint density at radius 2 is 2.00 bits per heavy atom. The number of nitrogens with zero attached hydrogens (tertiary/aromatic N) is 1. The van der Waals surface area contributed by atoms with Crippen LogP contribution in [0.25, 0.3) is 0 Å². The van der Waals surface area contributed by atoms with E-state index in [0.29, 0.717) is 6.54 Å². The number of hydrogen-bond acceptors (Lipinski definition) is 2. The monoisotopic (exact) mass is 305 g/mol. The van der Waals surface area contributed by atoms with Gasteiger partial charge in [-0.15, -0.1) is 11.3 Å². The highest BCUT2D eigenvalue weighted by atomic mass is 32.1. The van der Waals surface area contributed by atoms with Crippen LogP contribution in [0.4, 0.5) is 4.39 Å². The van der Waals surface area contributed by atoms with E-state index < -0.39 is 0 Å². The summed E-state index contributed by atoms with van der Waals surface area (Å²) in [5.41, 5.74) is 0.992. The van der Waals surface area contributed by atoms with Gasteiger partial charge in [0.2, 0.25) is 0 Å². The van der Waals surface area contributed by atoms with Crippen LogP contribution >= 0.6 is 11.3 Å². The molecule has 2 N–H and O–H groups in total. The zero-order valence-corrected chi connectivity index (χ0v) is 12.9. The lowest BCUT2D eigenvalue weighted by Crippen LogP contribution is -2.38. The lowest BCUT2D eigenvalue weighted by atomic mass is 10.2. The summed E-state index contributed by atoms with van der Waals surface area (Å²) in [6.45, 7) is 4.23. The molecule has 2 rings (SSSR count). The maximum atomic E-state index is 12.8. The highest BCUT2D eigenvalue weighted by Gasteiger charge is 1.99. The van der Waals surface area contributed by atoms with Gasteiger partial charge in [-0.1, -0.05) is 18.2 Å². The van der Waals surface area contributed by atoms with E-state index in [-0.39, 0.29) is 5.82 Å². The van der Waals surface area contributed by atoms with E-state index in [0.717, 1.165) is 31.0 Å². The van der Waals surface area contributed by atoms with Crippen LogP contribution in [0.1, 0.15) is 17.4 Å². The molecule has 1 aromatic carbocycles. The molecule has 0 unspecified atom stereocenters. The number of halogens is 1. The molecule has 0 saturated carbocycles. The van der Waals surface area contributed by atoms with Crippen molar-refractivity contribution in [3.63, 3.8) is 0 Å². The summed E-state index contributed by atoms with van der Waals surface area (Å²) in [6.07, 6.45) is 0.985. The number of hydrogen-bond donors (Lipinski definition) is 2. The molecule has 5 heteroatoms. The number of benzene rings is 1. The number of rotatable bonds is 6. The van der Waals surface area contributed by atoms with Crippen LogP contribution in [0.3, 0.4) is 0 Å². The Kier molecular flexibility index (Phi) is 6.22. The zero-order chi connectivity index (χ0) is 14.9. The van der Waals surface area contributed by atoms with Gasteiger partial charge in [-0.05, 0) is 42.5 Å². The van der Waals surface area contributed by atoms with Gasteiger partial charge in [0.15, 0.2) is 5.96 Å². The normalized spacial score (nSPS) is 11.4. The van der Waals surface area contributed by atoms with Crippen molar-refractivity contribution in [3.8, 4) is 0 Å². The molecule has 0 aliphatic carbocycles. The molecule has 0 amide bonds. The molecule has 3 nitrogen and oxygen atoms in total. The summed E-state index contributed by atoms with van der Waals surface area (Å²) in [6, 6.07) is 10.6.